The molecule has 0 aliphatic heterocycles. The van der Waals surface area contributed by atoms with Crippen LogP contribution in [0.2, 0.25) is 0 Å². The Morgan fingerprint density at radius 2 is 2.00 bits per heavy atom. The average molecular weight is 381 g/mol. The van der Waals surface area contributed by atoms with Crippen LogP contribution in [0.1, 0.15) is 36.0 Å². The zero-order chi connectivity index (χ0) is 14.8. The van der Waals surface area contributed by atoms with Gasteiger partial charge in [-0.05, 0) is 52.9 Å². The van der Waals surface area contributed by atoms with Crippen molar-refractivity contribution in [2.24, 2.45) is 5.92 Å². The first-order chi connectivity index (χ1) is 9.38. The average Bonchev–Trinajstić information content (AvgIpc) is 2.88. The van der Waals surface area contributed by atoms with Crippen molar-refractivity contribution in [3.63, 3.8) is 0 Å². The zero-order valence-corrected chi connectivity index (χ0v) is 13.9. The Morgan fingerprint density at radius 1 is 1.35 bits per heavy atom. The molecule has 2 rings (SSSR count). The van der Waals surface area contributed by atoms with Crippen molar-refractivity contribution in [2.45, 2.75) is 30.6 Å². The van der Waals surface area contributed by atoms with Gasteiger partial charge in [-0.3, -0.25) is 4.79 Å². The number of benzene rings is 1. The molecular formula is C13H15BrClNO3S. The topological polar surface area (TPSA) is 63.2 Å². The fourth-order valence-electron chi connectivity index (χ4n) is 2.38. The van der Waals surface area contributed by atoms with Gasteiger partial charge in [-0.25, -0.2) is 8.42 Å². The van der Waals surface area contributed by atoms with Gasteiger partial charge in [0.1, 0.15) is 0 Å². The maximum atomic E-state index is 12.1. The largest absolute Gasteiger partial charge is 0.352 e. The Labute approximate surface area is 131 Å². The minimum Gasteiger partial charge on any atom is -0.352 e. The quantitative estimate of drug-likeness (QED) is 0.815. The van der Waals surface area contributed by atoms with Crippen LogP contribution in [0.3, 0.4) is 0 Å². The van der Waals surface area contributed by atoms with Crippen LogP contribution >= 0.6 is 26.6 Å². The van der Waals surface area contributed by atoms with Crippen molar-refractivity contribution < 1.29 is 13.2 Å². The molecule has 0 radical (unpaired) electrons. The molecule has 0 atom stereocenters. The van der Waals surface area contributed by atoms with Gasteiger partial charge in [-0.2, -0.15) is 0 Å². The van der Waals surface area contributed by atoms with Crippen molar-refractivity contribution in [3.05, 3.63) is 28.2 Å². The van der Waals surface area contributed by atoms with E-state index in [1.54, 1.807) is 0 Å². The van der Waals surface area contributed by atoms with E-state index < -0.39 is 9.05 Å². The predicted molar refractivity (Wildman–Crippen MR) is 81.5 cm³/mol. The molecule has 7 heteroatoms. The Hall–Kier alpha value is -0.590. The third kappa shape index (κ3) is 3.96. The third-order valence-electron chi connectivity index (χ3n) is 3.49. The van der Waals surface area contributed by atoms with Crippen LogP contribution in [0.15, 0.2) is 27.6 Å². The Bertz CT molecular complexity index is 612. The molecule has 1 aliphatic rings. The second-order valence-electron chi connectivity index (χ2n) is 4.94. The van der Waals surface area contributed by atoms with Gasteiger partial charge in [0.05, 0.1) is 10.5 Å². The van der Waals surface area contributed by atoms with Gasteiger partial charge in [-0.1, -0.05) is 12.8 Å². The molecule has 0 bridgehead atoms. The van der Waals surface area contributed by atoms with Gasteiger partial charge in [-0.15, -0.1) is 0 Å². The lowest BCUT2D eigenvalue weighted by Crippen LogP contribution is -2.28. The molecule has 1 saturated carbocycles. The highest BCUT2D eigenvalue weighted by Crippen LogP contribution is 2.25. The first kappa shape index (κ1) is 15.8. The molecule has 0 saturated heterocycles. The molecule has 1 aromatic rings. The van der Waals surface area contributed by atoms with Crippen molar-refractivity contribution >= 4 is 41.6 Å². The minimum atomic E-state index is -3.83. The van der Waals surface area contributed by atoms with E-state index in [4.69, 9.17) is 10.7 Å². The molecule has 0 unspecified atom stereocenters. The highest BCUT2D eigenvalue weighted by molar-refractivity contribution is 9.10. The first-order valence-corrected chi connectivity index (χ1v) is 9.50. The molecule has 1 amide bonds. The summed E-state index contributed by atoms with van der Waals surface area (Å²) in [6, 6.07) is 4.16. The number of carbonyl (C=O) groups excluding carboxylic acids is 1. The van der Waals surface area contributed by atoms with Crippen LogP contribution in [0.5, 0.6) is 0 Å². The second-order valence-corrected chi connectivity index (χ2v) is 8.36. The molecule has 0 heterocycles. The summed E-state index contributed by atoms with van der Waals surface area (Å²) >= 11 is 3.25. The van der Waals surface area contributed by atoms with Crippen LogP contribution in [-0.2, 0) is 9.05 Å². The van der Waals surface area contributed by atoms with Crippen LogP contribution < -0.4 is 5.32 Å². The molecule has 1 fully saturated rings. The summed E-state index contributed by atoms with van der Waals surface area (Å²) < 4.78 is 23.2. The lowest BCUT2D eigenvalue weighted by molar-refractivity contribution is 0.0946. The number of nitrogens with one attached hydrogen (secondary N) is 1. The fraction of sp³-hybridized carbons (Fsp3) is 0.462. The highest BCUT2D eigenvalue weighted by atomic mass is 79.9. The zero-order valence-electron chi connectivity index (χ0n) is 10.7. The molecule has 0 spiro atoms. The summed E-state index contributed by atoms with van der Waals surface area (Å²) in [5.41, 5.74) is 0.282. The summed E-state index contributed by atoms with van der Waals surface area (Å²) in [4.78, 5) is 12.0. The van der Waals surface area contributed by atoms with E-state index in [2.05, 4.69) is 21.2 Å². The maximum absolute atomic E-state index is 12.1. The number of amides is 1. The van der Waals surface area contributed by atoms with Crippen LogP contribution in [-0.4, -0.2) is 20.9 Å². The molecule has 1 aromatic carbocycles. The summed E-state index contributed by atoms with van der Waals surface area (Å²) in [6.07, 6.45) is 4.70. The van der Waals surface area contributed by atoms with Gasteiger partial charge in [0.15, 0.2) is 0 Å². The third-order valence-corrected chi connectivity index (χ3v) is 5.53. The molecule has 4 nitrogen and oxygen atoms in total. The van der Waals surface area contributed by atoms with Gasteiger partial charge >= 0.3 is 0 Å². The Kier molecular flexibility index (Phi) is 5.09. The number of hydrogen-bond acceptors (Lipinski definition) is 3. The number of carbonyl (C=O) groups is 1. The standard InChI is InChI=1S/C13H15BrClNO3S/c14-12-6-5-10(20(15,18)19)7-11(12)13(17)16-8-9-3-1-2-4-9/h5-7,9H,1-4,8H2,(H,16,17). The smallest absolute Gasteiger partial charge is 0.261 e. The fourth-order valence-corrected chi connectivity index (χ4v) is 3.58. The molecule has 1 aliphatic carbocycles. The Balaban J connectivity index is 2.12. The monoisotopic (exact) mass is 379 g/mol. The van der Waals surface area contributed by atoms with E-state index in [0.717, 1.165) is 12.8 Å². The lowest BCUT2D eigenvalue weighted by Gasteiger charge is -2.12. The van der Waals surface area contributed by atoms with E-state index in [0.29, 0.717) is 16.9 Å². The van der Waals surface area contributed by atoms with Crippen molar-refractivity contribution in [1.82, 2.24) is 5.32 Å². The van der Waals surface area contributed by atoms with E-state index in [1.807, 2.05) is 0 Å². The maximum Gasteiger partial charge on any atom is 0.261 e. The summed E-state index contributed by atoms with van der Waals surface area (Å²) in [7, 11) is 1.46. The summed E-state index contributed by atoms with van der Waals surface area (Å²) in [5.74, 6) is 0.239. The van der Waals surface area contributed by atoms with Gasteiger partial charge in [0, 0.05) is 21.7 Å². The van der Waals surface area contributed by atoms with Crippen molar-refractivity contribution in [2.75, 3.05) is 6.54 Å². The SMILES string of the molecule is O=C(NCC1CCCC1)c1cc(S(=O)(=O)Cl)ccc1Br. The molecule has 0 aromatic heterocycles. The summed E-state index contributed by atoms with van der Waals surface area (Å²) in [5, 5.41) is 2.85. The highest BCUT2D eigenvalue weighted by Gasteiger charge is 2.19. The van der Waals surface area contributed by atoms with Gasteiger partial charge in [0.25, 0.3) is 15.0 Å². The van der Waals surface area contributed by atoms with E-state index >= 15 is 0 Å². The Morgan fingerprint density at radius 3 is 2.60 bits per heavy atom. The van der Waals surface area contributed by atoms with Gasteiger partial charge < -0.3 is 5.32 Å². The van der Waals surface area contributed by atoms with E-state index in [1.165, 1.54) is 31.0 Å². The summed E-state index contributed by atoms with van der Waals surface area (Å²) in [6.45, 7) is 0.628. The van der Waals surface area contributed by atoms with Crippen molar-refractivity contribution in [1.29, 1.82) is 0 Å². The molecular weight excluding hydrogens is 366 g/mol. The number of rotatable bonds is 4. The molecule has 110 valence electrons. The van der Waals surface area contributed by atoms with Crippen molar-refractivity contribution in [3.8, 4) is 0 Å². The first-order valence-electron chi connectivity index (χ1n) is 6.40. The predicted octanol–water partition coefficient (Wildman–Crippen LogP) is 3.30. The van der Waals surface area contributed by atoms with Crippen LogP contribution in [0.4, 0.5) is 0 Å². The van der Waals surface area contributed by atoms with E-state index in [9.17, 15) is 13.2 Å². The van der Waals surface area contributed by atoms with Crippen LogP contribution in [0.25, 0.3) is 0 Å². The van der Waals surface area contributed by atoms with Crippen LogP contribution in [0, 0.1) is 5.92 Å². The number of hydrogen-bond donors (Lipinski definition) is 1. The normalized spacial score (nSPS) is 16.3. The van der Waals surface area contributed by atoms with Gasteiger partial charge in [0.2, 0.25) is 0 Å². The second kappa shape index (κ2) is 6.45. The molecule has 20 heavy (non-hydrogen) atoms. The number of halogens is 2. The lowest BCUT2D eigenvalue weighted by atomic mass is 10.1. The minimum absolute atomic E-state index is 0.0756. The molecule has 1 N–H and O–H groups in total. The van der Waals surface area contributed by atoms with E-state index in [-0.39, 0.29) is 16.4 Å².